The highest BCUT2D eigenvalue weighted by Crippen LogP contribution is 2.18. The van der Waals surface area contributed by atoms with Crippen molar-refractivity contribution in [3.63, 3.8) is 0 Å². The highest BCUT2D eigenvalue weighted by molar-refractivity contribution is 6.15. The van der Waals surface area contributed by atoms with Crippen LogP contribution in [-0.2, 0) is 6.54 Å². The summed E-state index contributed by atoms with van der Waals surface area (Å²) in [6, 6.07) is 15.9. The van der Waals surface area contributed by atoms with Crippen molar-refractivity contribution in [1.29, 1.82) is 0 Å². The molecule has 0 aliphatic heterocycles. The van der Waals surface area contributed by atoms with Gasteiger partial charge < -0.3 is 5.32 Å². The molecule has 0 fully saturated rings. The maximum Gasteiger partial charge on any atom is 0.252 e. The maximum absolute atomic E-state index is 12.9. The van der Waals surface area contributed by atoms with E-state index in [9.17, 15) is 9.59 Å². The van der Waals surface area contributed by atoms with Crippen molar-refractivity contribution in [2.75, 3.05) is 0 Å². The average Bonchev–Trinajstić information content (AvgIpc) is 3.17. The fourth-order valence-electron chi connectivity index (χ4n) is 3.06. The van der Waals surface area contributed by atoms with Gasteiger partial charge >= 0.3 is 0 Å². The molecule has 27 heavy (non-hydrogen) atoms. The zero-order valence-electron chi connectivity index (χ0n) is 15.8. The van der Waals surface area contributed by atoms with Gasteiger partial charge in [0.2, 0.25) is 0 Å². The topological polar surface area (TPSA) is 64.0 Å². The van der Waals surface area contributed by atoms with Crippen LogP contribution in [0.1, 0.15) is 57.4 Å². The molecule has 1 heterocycles. The van der Waals surface area contributed by atoms with Crippen LogP contribution < -0.4 is 5.32 Å². The number of carbonyl (C=O) groups is 2. The van der Waals surface area contributed by atoms with Crippen LogP contribution in [0, 0.1) is 6.92 Å². The molecule has 1 atom stereocenters. The minimum Gasteiger partial charge on any atom is -0.344 e. The highest BCUT2D eigenvalue weighted by atomic mass is 16.2. The largest absolute Gasteiger partial charge is 0.344 e. The molecule has 0 saturated heterocycles. The number of aromatic nitrogens is 2. The van der Waals surface area contributed by atoms with Gasteiger partial charge in [-0.1, -0.05) is 48.0 Å². The van der Waals surface area contributed by atoms with E-state index in [-0.39, 0.29) is 17.7 Å². The van der Waals surface area contributed by atoms with Crippen LogP contribution in [0.3, 0.4) is 0 Å². The minimum absolute atomic E-state index is 0.160. The van der Waals surface area contributed by atoms with Gasteiger partial charge in [0, 0.05) is 23.9 Å². The number of aryl methyl sites for hydroxylation is 2. The van der Waals surface area contributed by atoms with Crippen LogP contribution in [0.25, 0.3) is 0 Å². The smallest absolute Gasteiger partial charge is 0.252 e. The van der Waals surface area contributed by atoms with E-state index < -0.39 is 0 Å². The van der Waals surface area contributed by atoms with Gasteiger partial charge in [-0.15, -0.1) is 0 Å². The van der Waals surface area contributed by atoms with E-state index in [0.717, 1.165) is 17.8 Å². The summed E-state index contributed by atoms with van der Waals surface area (Å²) in [6.45, 7) is 6.61. The van der Waals surface area contributed by atoms with Gasteiger partial charge in [0.05, 0.1) is 17.3 Å². The van der Waals surface area contributed by atoms with Crippen molar-refractivity contribution in [2.24, 2.45) is 0 Å². The zero-order valence-corrected chi connectivity index (χ0v) is 15.8. The highest BCUT2D eigenvalue weighted by Gasteiger charge is 2.20. The van der Waals surface area contributed by atoms with E-state index in [1.165, 1.54) is 0 Å². The van der Waals surface area contributed by atoms with Gasteiger partial charge in [0.15, 0.2) is 5.78 Å². The monoisotopic (exact) mass is 361 g/mol. The Labute approximate surface area is 159 Å². The molecule has 0 spiro atoms. The van der Waals surface area contributed by atoms with Gasteiger partial charge in [0.1, 0.15) is 0 Å². The van der Waals surface area contributed by atoms with Crippen molar-refractivity contribution in [3.05, 3.63) is 88.7 Å². The van der Waals surface area contributed by atoms with Gasteiger partial charge in [-0.05, 0) is 32.9 Å². The number of nitrogens with one attached hydrogen (secondary N) is 1. The lowest BCUT2D eigenvalue weighted by Crippen LogP contribution is -2.29. The summed E-state index contributed by atoms with van der Waals surface area (Å²) >= 11 is 0. The van der Waals surface area contributed by atoms with Gasteiger partial charge in [-0.25, -0.2) is 0 Å². The maximum atomic E-state index is 12.9. The number of carbonyl (C=O) groups excluding carboxylic acids is 2. The summed E-state index contributed by atoms with van der Waals surface area (Å²) in [4.78, 5) is 25.8. The van der Waals surface area contributed by atoms with Crippen molar-refractivity contribution >= 4 is 11.7 Å². The fourth-order valence-corrected chi connectivity index (χ4v) is 3.06. The third-order valence-electron chi connectivity index (χ3n) is 4.57. The molecule has 0 radical (unpaired) electrons. The van der Waals surface area contributed by atoms with Gasteiger partial charge in [-0.3, -0.25) is 14.3 Å². The van der Waals surface area contributed by atoms with Crippen molar-refractivity contribution in [3.8, 4) is 0 Å². The number of benzene rings is 2. The summed E-state index contributed by atoms with van der Waals surface area (Å²) in [5, 5.41) is 7.22. The standard InChI is InChI=1S/C22H23N3O2/c1-4-25-20(13-14-23-25)16(3)24-22(27)19-8-6-5-7-18(19)21(26)17-11-9-15(2)10-12-17/h5-14,16H,4H2,1-3H3,(H,24,27). The average molecular weight is 361 g/mol. The van der Waals surface area contributed by atoms with E-state index in [0.29, 0.717) is 16.7 Å². The molecule has 2 aromatic carbocycles. The Morgan fingerprint density at radius 3 is 2.37 bits per heavy atom. The number of nitrogens with zero attached hydrogens (tertiary/aromatic N) is 2. The number of hydrogen-bond acceptors (Lipinski definition) is 3. The molecule has 5 nitrogen and oxygen atoms in total. The van der Waals surface area contributed by atoms with Gasteiger partial charge in [-0.2, -0.15) is 5.10 Å². The van der Waals surface area contributed by atoms with Crippen LogP contribution in [0.2, 0.25) is 0 Å². The molecule has 3 aromatic rings. The number of amides is 1. The van der Waals surface area contributed by atoms with E-state index in [2.05, 4.69) is 10.4 Å². The first-order valence-electron chi connectivity index (χ1n) is 9.04. The molecule has 1 aromatic heterocycles. The molecule has 3 rings (SSSR count). The molecule has 0 aliphatic rings. The quantitative estimate of drug-likeness (QED) is 0.677. The van der Waals surface area contributed by atoms with Crippen LogP contribution in [-0.4, -0.2) is 21.5 Å². The summed E-state index contributed by atoms with van der Waals surface area (Å²) in [6.07, 6.45) is 1.72. The summed E-state index contributed by atoms with van der Waals surface area (Å²) in [5.41, 5.74) is 3.35. The van der Waals surface area contributed by atoms with Crippen molar-refractivity contribution in [2.45, 2.75) is 33.4 Å². The molecule has 0 bridgehead atoms. The fraction of sp³-hybridized carbons (Fsp3) is 0.227. The van der Waals surface area contributed by atoms with E-state index in [1.807, 2.05) is 43.7 Å². The third kappa shape index (κ3) is 3.97. The lowest BCUT2D eigenvalue weighted by molar-refractivity contribution is 0.0928. The SMILES string of the molecule is CCn1nccc1C(C)NC(=O)c1ccccc1C(=O)c1ccc(C)cc1. The second kappa shape index (κ2) is 7.99. The lowest BCUT2D eigenvalue weighted by atomic mass is 9.97. The van der Waals surface area contributed by atoms with E-state index >= 15 is 0 Å². The van der Waals surface area contributed by atoms with Crippen LogP contribution in [0.15, 0.2) is 60.8 Å². The Morgan fingerprint density at radius 2 is 1.70 bits per heavy atom. The van der Waals surface area contributed by atoms with Crippen LogP contribution >= 0.6 is 0 Å². The number of rotatable bonds is 6. The number of ketones is 1. The molecule has 138 valence electrons. The molecule has 1 unspecified atom stereocenters. The molecule has 0 aliphatic carbocycles. The lowest BCUT2D eigenvalue weighted by Gasteiger charge is -2.16. The summed E-state index contributed by atoms with van der Waals surface area (Å²) < 4.78 is 1.84. The Balaban J connectivity index is 1.85. The summed E-state index contributed by atoms with van der Waals surface area (Å²) in [5.74, 6) is -0.436. The number of hydrogen-bond donors (Lipinski definition) is 1. The Morgan fingerprint density at radius 1 is 1.04 bits per heavy atom. The zero-order chi connectivity index (χ0) is 19.4. The molecule has 1 amide bonds. The first kappa shape index (κ1) is 18.6. The first-order valence-corrected chi connectivity index (χ1v) is 9.04. The van der Waals surface area contributed by atoms with Crippen LogP contribution in [0.4, 0.5) is 0 Å². The molecule has 5 heteroatoms. The molecule has 1 N–H and O–H groups in total. The second-order valence-electron chi connectivity index (χ2n) is 6.51. The van der Waals surface area contributed by atoms with E-state index in [1.54, 1.807) is 42.6 Å². The van der Waals surface area contributed by atoms with E-state index in [4.69, 9.17) is 0 Å². The molecule has 0 saturated carbocycles. The normalized spacial score (nSPS) is 11.8. The third-order valence-corrected chi connectivity index (χ3v) is 4.57. The van der Waals surface area contributed by atoms with Crippen molar-refractivity contribution in [1.82, 2.24) is 15.1 Å². The van der Waals surface area contributed by atoms with Gasteiger partial charge in [0.25, 0.3) is 5.91 Å². The Hall–Kier alpha value is -3.21. The molecular formula is C22H23N3O2. The minimum atomic E-state index is -0.276. The van der Waals surface area contributed by atoms with Crippen LogP contribution in [0.5, 0.6) is 0 Å². The predicted octanol–water partition coefficient (Wildman–Crippen LogP) is 3.93. The predicted molar refractivity (Wildman–Crippen MR) is 105 cm³/mol. The summed E-state index contributed by atoms with van der Waals surface area (Å²) in [7, 11) is 0. The Kier molecular flexibility index (Phi) is 5.50. The Bertz CT molecular complexity index is 958. The second-order valence-corrected chi connectivity index (χ2v) is 6.51. The van der Waals surface area contributed by atoms with Crippen molar-refractivity contribution < 1.29 is 9.59 Å². The molecular weight excluding hydrogens is 338 g/mol. The first-order chi connectivity index (χ1) is 13.0.